The van der Waals surface area contributed by atoms with Crippen LogP contribution in [0.3, 0.4) is 0 Å². The van der Waals surface area contributed by atoms with Crippen molar-refractivity contribution in [3.05, 3.63) is 21.9 Å². The highest BCUT2D eigenvalue weighted by molar-refractivity contribution is 7.10. The highest BCUT2D eigenvalue weighted by Crippen LogP contribution is 2.19. The van der Waals surface area contributed by atoms with Gasteiger partial charge in [-0.05, 0) is 25.8 Å². The Bertz CT molecular complexity index is 510. The van der Waals surface area contributed by atoms with E-state index in [1.807, 2.05) is 30.2 Å². The topological polar surface area (TPSA) is 40.6 Å². The molecular formula is C15H22N2O2S. The van der Waals surface area contributed by atoms with Crippen molar-refractivity contribution in [1.82, 2.24) is 9.80 Å². The first-order valence-electron chi connectivity index (χ1n) is 7.05. The summed E-state index contributed by atoms with van der Waals surface area (Å²) in [6.45, 7) is 10.0. The average molecular weight is 294 g/mol. The Morgan fingerprint density at radius 1 is 1.45 bits per heavy atom. The van der Waals surface area contributed by atoms with Crippen molar-refractivity contribution < 1.29 is 9.59 Å². The van der Waals surface area contributed by atoms with Crippen LogP contribution in [0.4, 0.5) is 0 Å². The van der Waals surface area contributed by atoms with Crippen molar-refractivity contribution in [3.63, 3.8) is 0 Å². The van der Waals surface area contributed by atoms with Gasteiger partial charge >= 0.3 is 0 Å². The van der Waals surface area contributed by atoms with Gasteiger partial charge < -0.3 is 9.80 Å². The second-order valence-corrected chi connectivity index (χ2v) is 6.91. The van der Waals surface area contributed by atoms with Gasteiger partial charge in [-0.25, -0.2) is 0 Å². The van der Waals surface area contributed by atoms with E-state index in [1.54, 1.807) is 16.2 Å². The van der Waals surface area contributed by atoms with Gasteiger partial charge in [-0.2, -0.15) is 0 Å². The molecule has 2 heterocycles. The zero-order valence-corrected chi connectivity index (χ0v) is 13.4. The van der Waals surface area contributed by atoms with E-state index in [4.69, 9.17) is 0 Å². The number of carbonyl (C=O) groups excluding carboxylic acids is 2. The van der Waals surface area contributed by atoms with Crippen molar-refractivity contribution in [2.75, 3.05) is 19.6 Å². The molecule has 0 saturated carbocycles. The molecule has 20 heavy (non-hydrogen) atoms. The van der Waals surface area contributed by atoms with Crippen LogP contribution in [-0.2, 0) is 4.79 Å². The third-order valence-electron chi connectivity index (χ3n) is 3.57. The van der Waals surface area contributed by atoms with E-state index in [0.717, 1.165) is 11.4 Å². The molecule has 5 heteroatoms. The van der Waals surface area contributed by atoms with Crippen LogP contribution in [0.2, 0.25) is 0 Å². The molecule has 1 aliphatic heterocycles. The number of rotatable bonds is 3. The Morgan fingerprint density at radius 3 is 2.70 bits per heavy atom. The molecular weight excluding hydrogens is 272 g/mol. The summed E-state index contributed by atoms with van der Waals surface area (Å²) in [5, 5.41) is 1.87. The summed E-state index contributed by atoms with van der Waals surface area (Å²) in [6.07, 6.45) is 0. The first kappa shape index (κ1) is 15.0. The quantitative estimate of drug-likeness (QED) is 0.859. The monoisotopic (exact) mass is 294 g/mol. The highest BCUT2D eigenvalue weighted by Gasteiger charge is 2.34. The number of aryl methyl sites for hydroxylation is 1. The molecule has 1 aliphatic rings. The van der Waals surface area contributed by atoms with E-state index in [-0.39, 0.29) is 17.9 Å². The predicted octanol–water partition coefficient (Wildman–Crippen LogP) is 2.39. The molecule has 1 saturated heterocycles. The molecule has 0 aliphatic carbocycles. The molecule has 1 fully saturated rings. The van der Waals surface area contributed by atoms with Gasteiger partial charge in [-0.15, -0.1) is 11.3 Å². The average Bonchev–Trinajstić information content (AvgIpc) is 2.81. The molecule has 0 radical (unpaired) electrons. The van der Waals surface area contributed by atoms with Gasteiger partial charge in [0.05, 0.1) is 5.56 Å². The maximum atomic E-state index is 12.5. The van der Waals surface area contributed by atoms with Gasteiger partial charge in [0, 0.05) is 29.9 Å². The second kappa shape index (κ2) is 5.95. The van der Waals surface area contributed by atoms with Crippen LogP contribution >= 0.6 is 11.3 Å². The molecule has 2 rings (SSSR count). The third kappa shape index (κ3) is 3.03. The molecule has 0 bridgehead atoms. The van der Waals surface area contributed by atoms with Crippen LogP contribution in [0.1, 0.15) is 36.0 Å². The molecule has 0 aromatic carbocycles. The highest BCUT2D eigenvalue weighted by atomic mass is 32.1. The minimum Gasteiger partial charge on any atom is -0.339 e. The lowest BCUT2D eigenvalue weighted by atomic mass is 10.1. The van der Waals surface area contributed by atoms with Crippen molar-refractivity contribution in [1.29, 1.82) is 0 Å². The summed E-state index contributed by atoms with van der Waals surface area (Å²) in [4.78, 5) is 29.5. The lowest BCUT2D eigenvalue weighted by Crippen LogP contribution is -2.58. The maximum Gasteiger partial charge on any atom is 0.255 e. The fourth-order valence-corrected chi connectivity index (χ4v) is 3.23. The van der Waals surface area contributed by atoms with Crippen LogP contribution in [0.5, 0.6) is 0 Å². The van der Waals surface area contributed by atoms with Crippen molar-refractivity contribution in [3.8, 4) is 0 Å². The first-order valence-corrected chi connectivity index (χ1v) is 7.93. The van der Waals surface area contributed by atoms with Crippen LogP contribution in [0.25, 0.3) is 0 Å². The molecule has 1 aromatic heterocycles. The second-order valence-electron chi connectivity index (χ2n) is 5.80. The predicted molar refractivity (Wildman–Crippen MR) is 81.0 cm³/mol. The number of hydrogen-bond donors (Lipinski definition) is 0. The largest absolute Gasteiger partial charge is 0.339 e. The lowest BCUT2D eigenvalue weighted by molar-refractivity contribution is -0.140. The van der Waals surface area contributed by atoms with Crippen LogP contribution in [-0.4, -0.2) is 47.3 Å². The Balaban J connectivity index is 2.08. The van der Waals surface area contributed by atoms with E-state index >= 15 is 0 Å². The number of amides is 2. The number of hydrogen-bond acceptors (Lipinski definition) is 3. The normalized spacial score (nSPS) is 19.9. The standard InChI is InChI=1S/C15H22N2O2S/c1-10(2)8-16-5-6-17(12(4)14(16)18)15(19)13-7-11(3)20-9-13/h7,9-10,12H,5-6,8H2,1-4H3/t12-/m0/s1. The summed E-state index contributed by atoms with van der Waals surface area (Å²) in [5.41, 5.74) is 0.699. The Kier molecular flexibility index (Phi) is 4.48. The van der Waals surface area contributed by atoms with E-state index in [1.165, 1.54) is 0 Å². The molecule has 0 unspecified atom stereocenters. The molecule has 2 amide bonds. The van der Waals surface area contributed by atoms with Gasteiger partial charge in [0.1, 0.15) is 6.04 Å². The van der Waals surface area contributed by atoms with Gasteiger partial charge in [-0.1, -0.05) is 13.8 Å². The van der Waals surface area contributed by atoms with Crippen LogP contribution in [0.15, 0.2) is 11.4 Å². The molecule has 0 spiro atoms. The molecule has 4 nitrogen and oxygen atoms in total. The Morgan fingerprint density at radius 2 is 2.15 bits per heavy atom. The van der Waals surface area contributed by atoms with Crippen molar-refractivity contribution in [2.45, 2.75) is 33.7 Å². The van der Waals surface area contributed by atoms with E-state index in [9.17, 15) is 9.59 Å². The summed E-state index contributed by atoms with van der Waals surface area (Å²) in [6, 6.07) is 1.53. The van der Waals surface area contributed by atoms with Gasteiger partial charge in [0.15, 0.2) is 0 Å². The number of piperazine rings is 1. The van der Waals surface area contributed by atoms with Gasteiger partial charge in [0.25, 0.3) is 5.91 Å². The maximum absolute atomic E-state index is 12.5. The smallest absolute Gasteiger partial charge is 0.255 e. The summed E-state index contributed by atoms with van der Waals surface area (Å²) in [5.74, 6) is 0.484. The summed E-state index contributed by atoms with van der Waals surface area (Å²) in [7, 11) is 0. The molecule has 110 valence electrons. The first-order chi connectivity index (χ1) is 9.40. The molecule has 1 atom stereocenters. The van der Waals surface area contributed by atoms with Crippen LogP contribution < -0.4 is 0 Å². The van der Waals surface area contributed by atoms with Gasteiger partial charge in [0.2, 0.25) is 5.91 Å². The summed E-state index contributed by atoms with van der Waals surface area (Å²) >= 11 is 1.56. The van der Waals surface area contributed by atoms with Crippen molar-refractivity contribution >= 4 is 23.2 Å². The van der Waals surface area contributed by atoms with Gasteiger partial charge in [-0.3, -0.25) is 9.59 Å². The van der Waals surface area contributed by atoms with E-state index < -0.39 is 0 Å². The van der Waals surface area contributed by atoms with Crippen molar-refractivity contribution in [2.24, 2.45) is 5.92 Å². The number of carbonyl (C=O) groups is 2. The Labute approximate surface area is 124 Å². The van der Waals surface area contributed by atoms with Crippen LogP contribution in [0, 0.1) is 12.8 Å². The zero-order valence-electron chi connectivity index (χ0n) is 12.5. The third-order valence-corrected chi connectivity index (χ3v) is 4.43. The fourth-order valence-electron chi connectivity index (χ4n) is 2.55. The SMILES string of the molecule is Cc1cc(C(=O)N2CCN(CC(C)C)C(=O)[C@@H]2C)cs1. The number of nitrogens with zero attached hydrogens (tertiary/aromatic N) is 2. The minimum absolute atomic E-state index is 0.0283. The molecule has 0 N–H and O–H groups in total. The fraction of sp³-hybridized carbons (Fsp3) is 0.600. The lowest BCUT2D eigenvalue weighted by Gasteiger charge is -2.39. The zero-order chi connectivity index (χ0) is 14.9. The van der Waals surface area contributed by atoms with E-state index in [0.29, 0.717) is 24.6 Å². The molecule has 1 aromatic rings. The Hall–Kier alpha value is -1.36. The minimum atomic E-state index is -0.366. The van der Waals surface area contributed by atoms with E-state index in [2.05, 4.69) is 13.8 Å². The number of thiophene rings is 1. The summed E-state index contributed by atoms with van der Waals surface area (Å²) < 4.78 is 0.